The van der Waals surface area contributed by atoms with E-state index in [2.05, 4.69) is 10.6 Å². The summed E-state index contributed by atoms with van der Waals surface area (Å²) in [7, 11) is 0. The van der Waals surface area contributed by atoms with E-state index in [0.717, 1.165) is 16.8 Å². The fourth-order valence-corrected chi connectivity index (χ4v) is 3.41. The van der Waals surface area contributed by atoms with Gasteiger partial charge in [-0.05, 0) is 68.3 Å². The van der Waals surface area contributed by atoms with Gasteiger partial charge < -0.3 is 25.4 Å². The minimum Gasteiger partial charge on any atom is -0.484 e. The van der Waals surface area contributed by atoms with Crippen LogP contribution in [-0.2, 0) is 14.4 Å². The molecule has 8 nitrogen and oxygen atoms in total. The van der Waals surface area contributed by atoms with E-state index in [1.807, 2.05) is 32.0 Å². The van der Waals surface area contributed by atoms with Crippen molar-refractivity contribution in [3.05, 3.63) is 53.6 Å². The van der Waals surface area contributed by atoms with Crippen LogP contribution in [0.2, 0.25) is 0 Å². The minimum atomic E-state index is -0.636. The van der Waals surface area contributed by atoms with Crippen molar-refractivity contribution in [2.45, 2.75) is 33.3 Å². The Hall–Kier alpha value is -3.39. The van der Waals surface area contributed by atoms with Crippen molar-refractivity contribution in [1.29, 1.82) is 0 Å². The third-order valence-electron chi connectivity index (χ3n) is 5.38. The molecule has 1 heterocycles. The summed E-state index contributed by atoms with van der Waals surface area (Å²) >= 11 is 0. The minimum absolute atomic E-state index is 0.128. The molecule has 1 fully saturated rings. The van der Waals surface area contributed by atoms with Gasteiger partial charge in [0.2, 0.25) is 11.8 Å². The van der Waals surface area contributed by atoms with Crippen LogP contribution in [0.5, 0.6) is 5.75 Å². The molecule has 1 saturated heterocycles. The number of amides is 3. The van der Waals surface area contributed by atoms with Crippen molar-refractivity contribution < 1.29 is 24.2 Å². The fraction of sp³-hybridized carbons (Fsp3) is 0.375. The number of carbonyl (C=O) groups is 3. The highest BCUT2D eigenvalue weighted by atomic mass is 16.5. The topological polar surface area (TPSA) is 108 Å². The number of carbonyl (C=O) groups excluding carboxylic acids is 3. The van der Waals surface area contributed by atoms with E-state index >= 15 is 0 Å². The molecule has 0 bridgehead atoms. The number of anilines is 2. The average Bonchev–Trinajstić information content (AvgIpc) is 3.15. The van der Waals surface area contributed by atoms with Gasteiger partial charge in [-0.2, -0.15) is 0 Å². The van der Waals surface area contributed by atoms with E-state index in [1.54, 1.807) is 36.1 Å². The van der Waals surface area contributed by atoms with Crippen molar-refractivity contribution in [1.82, 2.24) is 5.32 Å². The second-order valence-corrected chi connectivity index (χ2v) is 8.13. The highest BCUT2D eigenvalue weighted by molar-refractivity contribution is 6.00. The van der Waals surface area contributed by atoms with Crippen molar-refractivity contribution in [2.24, 2.45) is 5.92 Å². The predicted molar refractivity (Wildman–Crippen MR) is 122 cm³/mol. The van der Waals surface area contributed by atoms with Gasteiger partial charge in [-0.15, -0.1) is 0 Å². The van der Waals surface area contributed by atoms with Gasteiger partial charge in [0.25, 0.3) is 5.91 Å². The van der Waals surface area contributed by atoms with E-state index in [1.165, 1.54) is 0 Å². The lowest BCUT2D eigenvalue weighted by Gasteiger charge is -2.17. The molecule has 3 N–H and O–H groups in total. The zero-order valence-electron chi connectivity index (χ0n) is 18.6. The van der Waals surface area contributed by atoms with Crippen molar-refractivity contribution in [3.63, 3.8) is 0 Å². The van der Waals surface area contributed by atoms with Crippen LogP contribution in [0.4, 0.5) is 11.4 Å². The van der Waals surface area contributed by atoms with Gasteiger partial charge in [-0.25, -0.2) is 0 Å². The van der Waals surface area contributed by atoms with E-state index in [-0.39, 0.29) is 43.8 Å². The Balaban J connectivity index is 1.51. The molecular formula is C24H29N3O5. The molecule has 3 amide bonds. The first-order valence-corrected chi connectivity index (χ1v) is 10.6. The normalized spacial score (nSPS) is 16.6. The largest absolute Gasteiger partial charge is 0.484 e. The number of aryl methyl sites for hydroxylation is 2. The maximum absolute atomic E-state index is 12.4. The van der Waals surface area contributed by atoms with Crippen LogP contribution in [0.3, 0.4) is 0 Å². The predicted octanol–water partition coefficient (Wildman–Crippen LogP) is 2.17. The lowest BCUT2D eigenvalue weighted by atomic mass is 10.1. The molecule has 2 atom stereocenters. The van der Waals surface area contributed by atoms with Crippen LogP contribution < -0.4 is 20.3 Å². The van der Waals surface area contributed by atoms with Gasteiger partial charge in [0.15, 0.2) is 6.61 Å². The van der Waals surface area contributed by atoms with E-state index < -0.39 is 12.0 Å². The molecule has 2 aromatic carbocycles. The lowest BCUT2D eigenvalue weighted by molar-refractivity contribution is -0.126. The number of rotatable bonds is 8. The molecule has 2 aromatic rings. The Bertz CT molecular complexity index is 988. The summed E-state index contributed by atoms with van der Waals surface area (Å²) in [6.45, 7) is 5.88. The zero-order valence-corrected chi connectivity index (χ0v) is 18.6. The molecule has 1 aliphatic rings. The second kappa shape index (κ2) is 10.3. The van der Waals surface area contributed by atoms with Crippen molar-refractivity contribution >= 4 is 29.1 Å². The monoisotopic (exact) mass is 439 g/mol. The molecule has 0 aliphatic carbocycles. The molecular weight excluding hydrogens is 410 g/mol. The first-order valence-electron chi connectivity index (χ1n) is 10.6. The summed E-state index contributed by atoms with van der Waals surface area (Å²) < 4.78 is 5.55. The highest BCUT2D eigenvalue weighted by Crippen LogP contribution is 2.27. The highest BCUT2D eigenvalue weighted by Gasteiger charge is 2.35. The van der Waals surface area contributed by atoms with Crippen LogP contribution in [0.25, 0.3) is 0 Å². The van der Waals surface area contributed by atoms with Crippen LogP contribution >= 0.6 is 0 Å². The smallest absolute Gasteiger partial charge is 0.262 e. The van der Waals surface area contributed by atoms with E-state index in [0.29, 0.717) is 11.4 Å². The molecule has 3 rings (SSSR count). The van der Waals surface area contributed by atoms with Crippen molar-refractivity contribution in [3.8, 4) is 5.75 Å². The zero-order chi connectivity index (χ0) is 23.3. The molecule has 1 aliphatic heterocycles. The molecule has 8 heteroatoms. The summed E-state index contributed by atoms with van der Waals surface area (Å²) in [6, 6.07) is 12.5. The number of benzene rings is 2. The van der Waals surface area contributed by atoms with Crippen LogP contribution in [0, 0.1) is 19.8 Å². The van der Waals surface area contributed by atoms with Gasteiger partial charge in [0.1, 0.15) is 5.75 Å². The van der Waals surface area contributed by atoms with E-state index in [4.69, 9.17) is 4.74 Å². The Morgan fingerprint density at radius 3 is 2.53 bits per heavy atom. The van der Waals surface area contributed by atoms with Gasteiger partial charge in [-0.1, -0.05) is 6.07 Å². The quantitative estimate of drug-likeness (QED) is 0.584. The first kappa shape index (κ1) is 23.3. The standard InChI is InChI=1S/C24H29N3O5/c1-15-4-5-19(10-16(15)2)26-22(29)14-32-21-8-6-20(7-9-21)27-13-18(11-23(27)30)24(31)25-12-17(3)28/h4-10,17-18,28H,11-14H2,1-3H3,(H,25,31)(H,26,29)/t17-,18-/m0/s1. The first-order chi connectivity index (χ1) is 15.2. The Labute approximate surface area is 187 Å². The molecule has 0 spiro atoms. The third-order valence-corrected chi connectivity index (χ3v) is 5.38. The molecule has 0 aromatic heterocycles. The van der Waals surface area contributed by atoms with Crippen LogP contribution in [-0.4, -0.2) is 48.6 Å². The number of hydrogen-bond donors (Lipinski definition) is 3. The maximum Gasteiger partial charge on any atom is 0.262 e. The van der Waals surface area contributed by atoms with Gasteiger partial charge in [0.05, 0.1) is 12.0 Å². The van der Waals surface area contributed by atoms with Gasteiger partial charge in [-0.3, -0.25) is 14.4 Å². The van der Waals surface area contributed by atoms with Crippen molar-refractivity contribution in [2.75, 3.05) is 29.9 Å². The summed E-state index contributed by atoms with van der Waals surface area (Å²) in [5.41, 5.74) is 3.63. The summed E-state index contributed by atoms with van der Waals surface area (Å²) in [6.07, 6.45) is -0.509. The number of aliphatic hydroxyl groups excluding tert-OH is 1. The number of ether oxygens (including phenoxy) is 1. The maximum atomic E-state index is 12.4. The number of hydrogen-bond acceptors (Lipinski definition) is 5. The molecule has 32 heavy (non-hydrogen) atoms. The second-order valence-electron chi connectivity index (χ2n) is 8.13. The lowest BCUT2D eigenvalue weighted by Crippen LogP contribution is -2.36. The molecule has 0 radical (unpaired) electrons. The summed E-state index contributed by atoms with van der Waals surface area (Å²) in [4.78, 5) is 38.3. The number of nitrogens with zero attached hydrogens (tertiary/aromatic N) is 1. The average molecular weight is 440 g/mol. The Kier molecular flexibility index (Phi) is 7.48. The number of aliphatic hydroxyl groups is 1. The molecule has 0 saturated carbocycles. The van der Waals surface area contributed by atoms with E-state index in [9.17, 15) is 19.5 Å². The SMILES string of the molecule is Cc1ccc(NC(=O)COc2ccc(N3C[C@@H](C(=O)NC[C@H](C)O)CC3=O)cc2)cc1C. The van der Waals surface area contributed by atoms with Gasteiger partial charge >= 0.3 is 0 Å². The third kappa shape index (κ3) is 6.07. The molecule has 0 unspecified atom stereocenters. The Morgan fingerprint density at radius 2 is 1.88 bits per heavy atom. The van der Waals surface area contributed by atoms with Crippen LogP contribution in [0.1, 0.15) is 24.5 Å². The summed E-state index contributed by atoms with van der Waals surface area (Å²) in [5, 5.41) is 14.8. The van der Waals surface area contributed by atoms with Crippen LogP contribution in [0.15, 0.2) is 42.5 Å². The number of nitrogens with one attached hydrogen (secondary N) is 2. The Morgan fingerprint density at radius 1 is 1.16 bits per heavy atom. The molecule has 170 valence electrons. The fourth-order valence-electron chi connectivity index (χ4n) is 3.41. The summed E-state index contributed by atoms with van der Waals surface area (Å²) in [5.74, 6) is -0.591. The van der Waals surface area contributed by atoms with Gasteiger partial charge in [0, 0.05) is 30.9 Å².